The van der Waals surface area contributed by atoms with Gasteiger partial charge in [0.25, 0.3) is 0 Å². The van der Waals surface area contributed by atoms with Crippen molar-refractivity contribution >= 4 is 22.5 Å². The number of thiol groups is 1. The van der Waals surface area contributed by atoms with Crippen LogP contribution in [-0.4, -0.2) is 27.0 Å². The van der Waals surface area contributed by atoms with Crippen LogP contribution in [0.15, 0.2) is 41.3 Å². The van der Waals surface area contributed by atoms with E-state index in [9.17, 15) is 8.42 Å². The van der Waals surface area contributed by atoms with Crippen LogP contribution in [0, 0.1) is 0 Å². The lowest BCUT2D eigenvalue weighted by atomic mass is 10.3. The first-order chi connectivity index (χ1) is 7.54. The maximum Gasteiger partial charge on any atom is 0.175 e. The smallest absolute Gasteiger partial charge is 0.175 e. The molecule has 0 aliphatic heterocycles. The van der Waals surface area contributed by atoms with Crippen molar-refractivity contribution in [2.24, 2.45) is 0 Å². The van der Waals surface area contributed by atoms with E-state index in [1.54, 1.807) is 18.2 Å². The first kappa shape index (κ1) is 13.1. The van der Waals surface area contributed by atoms with Gasteiger partial charge < -0.3 is 4.74 Å². The topological polar surface area (TPSA) is 43.4 Å². The second-order valence-corrected chi connectivity index (χ2v) is 5.59. The molecule has 0 saturated carbocycles. The fraction of sp³-hybridized carbons (Fsp3) is 0.273. The summed E-state index contributed by atoms with van der Waals surface area (Å²) in [6.45, 7) is 0.410. The second-order valence-electron chi connectivity index (χ2n) is 3.21. The molecule has 5 heteroatoms. The largest absolute Gasteiger partial charge is 0.490 e. The zero-order chi connectivity index (χ0) is 12.0. The van der Waals surface area contributed by atoms with E-state index in [2.05, 4.69) is 12.6 Å². The van der Waals surface area contributed by atoms with Crippen molar-refractivity contribution in [2.45, 2.75) is 4.90 Å². The number of benzene rings is 1. The third-order valence-corrected chi connectivity index (χ3v) is 3.17. The zero-order valence-corrected chi connectivity index (χ0v) is 10.7. The molecule has 3 nitrogen and oxygen atoms in total. The summed E-state index contributed by atoms with van der Waals surface area (Å²) in [7, 11) is -3.17. The highest BCUT2D eigenvalue weighted by Crippen LogP contribution is 2.17. The molecular formula is C11H14O3S2. The first-order valence-electron chi connectivity index (χ1n) is 4.73. The van der Waals surface area contributed by atoms with Gasteiger partial charge in [0.2, 0.25) is 0 Å². The summed E-state index contributed by atoms with van der Waals surface area (Å²) in [5.74, 6) is 1.21. The van der Waals surface area contributed by atoms with Crippen molar-refractivity contribution < 1.29 is 13.2 Å². The summed E-state index contributed by atoms with van der Waals surface area (Å²) in [5, 5.41) is 0. The summed E-state index contributed by atoms with van der Waals surface area (Å²) in [6.07, 6.45) is 4.87. The van der Waals surface area contributed by atoms with E-state index in [-0.39, 0.29) is 4.90 Å². The Kier molecular flexibility index (Phi) is 4.89. The summed E-state index contributed by atoms with van der Waals surface area (Å²) < 4.78 is 27.9. The third-order valence-electron chi connectivity index (χ3n) is 1.85. The lowest BCUT2D eigenvalue weighted by molar-refractivity contribution is 0.361. The molecule has 0 aromatic heterocycles. The lowest BCUT2D eigenvalue weighted by Crippen LogP contribution is -1.99. The van der Waals surface area contributed by atoms with Crippen LogP contribution in [0.3, 0.4) is 0 Å². The van der Waals surface area contributed by atoms with Crippen molar-refractivity contribution in [2.75, 3.05) is 18.6 Å². The van der Waals surface area contributed by atoms with Crippen molar-refractivity contribution in [1.82, 2.24) is 0 Å². The molecule has 1 rings (SSSR count). The minimum Gasteiger partial charge on any atom is -0.490 e. The van der Waals surface area contributed by atoms with E-state index in [0.29, 0.717) is 18.1 Å². The molecule has 0 radical (unpaired) electrons. The normalized spacial score (nSPS) is 11.9. The molecule has 0 bridgehead atoms. The molecule has 0 saturated heterocycles. The molecule has 16 heavy (non-hydrogen) atoms. The van der Waals surface area contributed by atoms with Gasteiger partial charge in [-0.2, -0.15) is 12.6 Å². The first-order valence-corrected chi connectivity index (χ1v) is 7.25. The molecule has 0 atom stereocenters. The van der Waals surface area contributed by atoms with Gasteiger partial charge in [-0.25, -0.2) is 8.42 Å². The van der Waals surface area contributed by atoms with Gasteiger partial charge in [0.05, 0.1) is 4.90 Å². The second kappa shape index (κ2) is 5.96. The highest BCUT2D eigenvalue weighted by atomic mass is 32.2. The molecule has 0 spiro atoms. The standard InChI is InChI=1S/C11H14O3S2/c1-16(12,13)11-6-4-5-10(9-11)14-7-2-3-8-15/h2-6,9,15H,7-8H2,1H3. The Labute approximate surface area is 101 Å². The van der Waals surface area contributed by atoms with Crippen LogP contribution in [-0.2, 0) is 9.84 Å². The van der Waals surface area contributed by atoms with E-state index >= 15 is 0 Å². The molecule has 88 valence electrons. The molecule has 0 amide bonds. The van der Waals surface area contributed by atoms with Crippen molar-refractivity contribution in [3.05, 3.63) is 36.4 Å². The van der Waals surface area contributed by atoms with Gasteiger partial charge in [0.1, 0.15) is 12.4 Å². The van der Waals surface area contributed by atoms with Crippen LogP contribution in [0.2, 0.25) is 0 Å². The maximum absolute atomic E-state index is 11.3. The third kappa shape index (κ3) is 4.28. The van der Waals surface area contributed by atoms with Crippen LogP contribution in [0.1, 0.15) is 0 Å². The molecular weight excluding hydrogens is 244 g/mol. The van der Waals surface area contributed by atoms with Crippen molar-refractivity contribution in [1.29, 1.82) is 0 Å². The van der Waals surface area contributed by atoms with Gasteiger partial charge >= 0.3 is 0 Å². The van der Waals surface area contributed by atoms with Crippen LogP contribution >= 0.6 is 12.6 Å². The predicted molar refractivity (Wildman–Crippen MR) is 68.0 cm³/mol. The van der Waals surface area contributed by atoms with Gasteiger partial charge in [-0.05, 0) is 18.2 Å². The van der Waals surface area contributed by atoms with Crippen molar-refractivity contribution in [3.8, 4) is 5.75 Å². The Morgan fingerprint density at radius 3 is 2.75 bits per heavy atom. The molecule has 0 fully saturated rings. The maximum atomic E-state index is 11.3. The van der Waals surface area contributed by atoms with Gasteiger partial charge in [-0.3, -0.25) is 0 Å². The summed E-state index contributed by atoms with van der Waals surface area (Å²) in [4.78, 5) is 0.267. The molecule has 0 aliphatic carbocycles. The van der Waals surface area contributed by atoms with E-state index < -0.39 is 9.84 Å². The number of ether oxygens (including phenoxy) is 1. The van der Waals surface area contributed by atoms with E-state index in [1.807, 2.05) is 12.2 Å². The van der Waals surface area contributed by atoms with Crippen LogP contribution < -0.4 is 4.74 Å². The number of hydrogen-bond acceptors (Lipinski definition) is 4. The van der Waals surface area contributed by atoms with Gasteiger partial charge in [0.15, 0.2) is 9.84 Å². The lowest BCUT2D eigenvalue weighted by Gasteiger charge is -2.04. The van der Waals surface area contributed by atoms with Crippen molar-refractivity contribution in [3.63, 3.8) is 0 Å². The Hall–Kier alpha value is -0.940. The summed E-state index contributed by atoms with van der Waals surface area (Å²) >= 11 is 4.01. The average Bonchev–Trinajstić information content (AvgIpc) is 2.24. The van der Waals surface area contributed by atoms with E-state index in [4.69, 9.17) is 4.74 Å². The summed E-state index contributed by atoms with van der Waals surface area (Å²) in [6, 6.07) is 6.45. The van der Waals surface area contributed by atoms with Crippen LogP contribution in [0.4, 0.5) is 0 Å². The van der Waals surface area contributed by atoms with Crippen LogP contribution in [0.5, 0.6) is 5.75 Å². The number of hydrogen-bond donors (Lipinski definition) is 1. The fourth-order valence-corrected chi connectivity index (χ4v) is 1.89. The predicted octanol–water partition coefficient (Wildman–Crippen LogP) is 1.95. The Bertz CT molecular complexity index is 464. The molecule has 1 aromatic carbocycles. The number of rotatable bonds is 5. The Morgan fingerprint density at radius 1 is 1.38 bits per heavy atom. The zero-order valence-electron chi connectivity index (χ0n) is 8.96. The molecule has 1 aromatic rings. The number of sulfone groups is 1. The van der Waals surface area contributed by atoms with Gasteiger partial charge in [-0.15, -0.1) is 0 Å². The molecule has 0 unspecified atom stereocenters. The minimum atomic E-state index is -3.17. The Balaban J connectivity index is 2.72. The van der Waals surface area contributed by atoms with Crippen LogP contribution in [0.25, 0.3) is 0 Å². The minimum absolute atomic E-state index is 0.267. The monoisotopic (exact) mass is 258 g/mol. The average molecular weight is 258 g/mol. The molecule has 0 aliphatic rings. The Morgan fingerprint density at radius 2 is 2.12 bits per heavy atom. The van der Waals surface area contributed by atoms with Gasteiger partial charge in [-0.1, -0.05) is 18.2 Å². The molecule has 0 N–H and O–H groups in total. The quantitative estimate of drug-likeness (QED) is 0.648. The summed E-state index contributed by atoms with van der Waals surface area (Å²) in [5.41, 5.74) is 0. The highest BCUT2D eigenvalue weighted by Gasteiger charge is 2.07. The van der Waals surface area contributed by atoms with E-state index in [1.165, 1.54) is 12.3 Å². The highest BCUT2D eigenvalue weighted by molar-refractivity contribution is 7.90. The van der Waals surface area contributed by atoms with E-state index in [0.717, 1.165) is 0 Å². The SMILES string of the molecule is CS(=O)(=O)c1cccc(OCC=CCS)c1. The molecule has 0 heterocycles. The van der Waals surface area contributed by atoms with Gasteiger partial charge in [0, 0.05) is 12.0 Å². The fourth-order valence-electron chi connectivity index (χ4n) is 1.08.